The van der Waals surface area contributed by atoms with Crippen molar-refractivity contribution in [3.05, 3.63) is 70.8 Å². The lowest BCUT2D eigenvalue weighted by Crippen LogP contribution is -2.55. The number of fused-ring (bicyclic) bond motifs is 2. The third-order valence-corrected chi connectivity index (χ3v) is 9.15. The number of amides is 4. The van der Waals surface area contributed by atoms with Gasteiger partial charge in [-0.05, 0) is 62.6 Å². The van der Waals surface area contributed by atoms with Gasteiger partial charge >= 0.3 is 6.09 Å². The second kappa shape index (κ2) is 9.98. The molecule has 3 fully saturated rings. The number of aliphatic hydroxyl groups is 1. The first-order valence-electron chi connectivity index (χ1n) is 14.5. The second-order valence-electron chi connectivity index (χ2n) is 12.6. The molecule has 216 valence electrons. The highest BCUT2D eigenvalue weighted by molar-refractivity contribution is 6.06. The zero-order valence-electron chi connectivity index (χ0n) is 23.8. The maximum absolute atomic E-state index is 13.8. The van der Waals surface area contributed by atoms with Gasteiger partial charge in [-0.2, -0.15) is 0 Å². The van der Waals surface area contributed by atoms with E-state index in [9.17, 15) is 24.3 Å². The minimum Gasteiger partial charge on any atom is -0.427 e. The number of carbonyl (C=O) groups excluding carboxylic acids is 4. The molecule has 0 radical (unpaired) electrons. The van der Waals surface area contributed by atoms with Crippen LogP contribution in [-0.2, 0) is 37.7 Å². The molecule has 1 saturated carbocycles. The van der Waals surface area contributed by atoms with Crippen LogP contribution in [0, 0.1) is 5.92 Å². The smallest absolute Gasteiger partial charge is 0.418 e. The Morgan fingerprint density at radius 2 is 1.83 bits per heavy atom. The van der Waals surface area contributed by atoms with Gasteiger partial charge in [0.15, 0.2) is 0 Å². The van der Waals surface area contributed by atoms with E-state index in [-0.39, 0.29) is 30.3 Å². The van der Waals surface area contributed by atoms with E-state index in [0.29, 0.717) is 44.0 Å². The summed E-state index contributed by atoms with van der Waals surface area (Å²) in [6.07, 6.45) is 2.27. The quantitative estimate of drug-likeness (QED) is 0.532. The lowest BCUT2D eigenvalue weighted by molar-refractivity contribution is -0.152. The molecule has 4 amide bonds. The molecule has 0 bridgehead atoms. The van der Waals surface area contributed by atoms with Gasteiger partial charge < -0.3 is 19.6 Å². The Balaban J connectivity index is 1.16. The molecule has 2 aromatic rings. The van der Waals surface area contributed by atoms with Crippen LogP contribution >= 0.6 is 0 Å². The highest BCUT2D eigenvalue weighted by Gasteiger charge is 2.58. The summed E-state index contributed by atoms with van der Waals surface area (Å²) in [5.74, 6) is -0.461. The van der Waals surface area contributed by atoms with E-state index in [4.69, 9.17) is 4.74 Å². The molecule has 0 aromatic heterocycles. The molecule has 2 saturated heterocycles. The van der Waals surface area contributed by atoms with Gasteiger partial charge in [0.05, 0.1) is 0 Å². The molecule has 1 spiro atoms. The highest BCUT2D eigenvalue weighted by Crippen LogP contribution is 2.46. The molecule has 2 atom stereocenters. The van der Waals surface area contributed by atoms with Crippen LogP contribution in [0.2, 0.25) is 0 Å². The molecule has 9 nitrogen and oxygen atoms in total. The number of benzene rings is 2. The summed E-state index contributed by atoms with van der Waals surface area (Å²) in [7, 11) is 0. The molecule has 4 aliphatic rings. The van der Waals surface area contributed by atoms with E-state index in [1.807, 2.05) is 55.5 Å². The van der Waals surface area contributed by atoms with Gasteiger partial charge in [-0.25, -0.2) is 9.69 Å². The van der Waals surface area contributed by atoms with Crippen molar-refractivity contribution in [3.63, 3.8) is 0 Å². The summed E-state index contributed by atoms with van der Waals surface area (Å²) in [5.41, 5.74) is 0.863. The summed E-state index contributed by atoms with van der Waals surface area (Å²) < 4.78 is 5.79. The van der Waals surface area contributed by atoms with E-state index in [1.165, 1.54) is 13.8 Å². The molecule has 6 rings (SSSR count). The van der Waals surface area contributed by atoms with Gasteiger partial charge in [-0.1, -0.05) is 48.5 Å². The maximum atomic E-state index is 13.8. The first-order valence-corrected chi connectivity index (χ1v) is 14.5. The largest absolute Gasteiger partial charge is 0.427 e. The van der Waals surface area contributed by atoms with Crippen molar-refractivity contribution in [1.82, 2.24) is 14.7 Å². The number of imide groups is 1. The summed E-state index contributed by atoms with van der Waals surface area (Å²) in [6.45, 7) is 6.14. The fourth-order valence-corrected chi connectivity index (χ4v) is 6.47. The molecular weight excluding hydrogens is 522 g/mol. The molecule has 0 unspecified atom stereocenters. The fourth-order valence-electron chi connectivity index (χ4n) is 6.47. The molecule has 2 heterocycles. The van der Waals surface area contributed by atoms with Gasteiger partial charge in [-0.15, -0.1) is 0 Å². The summed E-state index contributed by atoms with van der Waals surface area (Å²) in [6, 6.07) is 15.6. The Hall–Kier alpha value is -3.72. The summed E-state index contributed by atoms with van der Waals surface area (Å²) in [4.78, 5) is 57.2. The lowest BCUT2D eigenvalue weighted by atomic mass is 9.87. The lowest BCUT2D eigenvalue weighted by Gasteiger charge is -2.42. The molecule has 2 aromatic carbocycles. The van der Waals surface area contributed by atoms with E-state index < -0.39 is 23.2 Å². The molecule has 2 aliphatic carbocycles. The molecule has 9 heteroatoms. The van der Waals surface area contributed by atoms with Gasteiger partial charge in [-0.3, -0.25) is 14.4 Å². The standard InChI is InChI=1S/C32H37N3O6/c1-20(22-9-10-22)34(16-21-7-5-4-6-8-21)27(36)19-35-29(38)32(41-30(35)39)14-13-24-15-23(11-12-26(24)32)25-17-33(18-25)28(37)31(2,3)40/h4-8,11-12,15,20,22,25,40H,9-10,13-14,16-19H2,1-3H3/t20-,32+/m0/s1. The zero-order chi connectivity index (χ0) is 29.1. The Morgan fingerprint density at radius 3 is 2.49 bits per heavy atom. The number of carbonyl (C=O) groups is 4. The van der Waals surface area contributed by atoms with Crippen molar-refractivity contribution in [1.29, 1.82) is 0 Å². The number of hydrogen-bond donors (Lipinski definition) is 1. The van der Waals surface area contributed by atoms with Crippen molar-refractivity contribution in [2.45, 2.75) is 76.2 Å². The third-order valence-electron chi connectivity index (χ3n) is 9.15. The van der Waals surface area contributed by atoms with Crippen LogP contribution in [0.3, 0.4) is 0 Å². The van der Waals surface area contributed by atoms with E-state index in [0.717, 1.165) is 34.4 Å². The van der Waals surface area contributed by atoms with Crippen molar-refractivity contribution in [2.24, 2.45) is 5.92 Å². The van der Waals surface area contributed by atoms with Crippen LogP contribution in [0.25, 0.3) is 0 Å². The topological polar surface area (TPSA) is 107 Å². The number of likely N-dealkylation sites (tertiary alicyclic amines) is 1. The van der Waals surface area contributed by atoms with Crippen molar-refractivity contribution < 1.29 is 29.0 Å². The molecule has 2 aliphatic heterocycles. The van der Waals surface area contributed by atoms with Gasteiger partial charge in [0, 0.05) is 43.6 Å². The van der Waals surface area contributed by atoms with Gasteiger partial charge in [0.25, 0.3) is 11.8 Å². The molecule has 41 heavy (non-hydrogen) atoms. The highest BCUT2D eigenvalue weighted by atomic mass is 16.6. The summed E-state index contributed by atoms with van der Waals surface area (Å²) >= 11 is 0. The molecule has 1 N–H and O–H groups in total. The Kier molecular flexibility index (Phi) is 6.68. The van der Waals surface area contributed by atoms with Crippen LogP contribution < -0.4 is 0 Å². The SMILES string of the molecule is C[C@@H](C1CC1)N(Cc1ccccc1)C(=O)CN1C(=O)O[C@@]2(CCc3cc(C4CN(C(=O)C(C)(C)O)C4)ccc32)C1=O. The number of ether oxygens (including phenoxy) is 1. The third kappa shape index (κ3) is 4.90. The van der Waals surface area contributed by atoms with Crippen molar-refractivity contribution >= 4 is 23.8 Å². The van der Waals surface area contributed by atoms with Crippen LogP contribution in [-0.4, -0.2) is 74.9 Å². The van der Waals surface area contributed by atoms with Crippen LogP contribution in [0.15, 0.2) is 48.5 Å². The van der Waals surface area contributed by atoms with Crippen molar-refractivity contribution in [3.8, 4) is 0 Å². The maximum Gasteiger partial charge on any atom is 0.418 e. The zero-order valence-corrected chi connectivity index (χ0v) is 23.8. The first kappa shape index (κ1) is 27.4. The molecular formula is C32H37N3O6. The number of rotatable bonds is 8. The van der Waals surface area contributed by atoms with E-state index in [2.05, 4.69) is 0 Å². The Morgan fingerprint density at radius 1 is 1.12 bits per heavy atom. The Labute approximate surface area is 240 Å². The normalized spacial score (nSPS) is 22.9. The predicted octanol–water partition coefficient (Wildman–Crippen LogP) is 3.33. The van der Waals surface area contributed by atoms with Crippen LogP contribution in [0.5, 0.6) is 0 Å². The first-order chi connectivity index (χ1) is 19.5. The Bertz CT molecular complexity index is 1390. The second-order valence-corrected chi connectivity index (χ2v) is 12.6. The minimum atomic E-state index is -1.40. The minimum absolute atomic E-state index is 0.0113. The monoisotopic (exact) mass is 559 g/mol. The van der Waals surface area contributed by atoms with Gasteiger partial charge in [0.2, 0.25) is 11.5 Å². The number of aryl methyl sites for hydroxylation is 1. The number of nitrogens with zero attached hydrogens (tertiary/aromatic N) is 3. The predicted molar refractivity (Wildman–Crippen MR) is 149 cm³/mol. The van der Waals surface area contributed by atoms with Crippen LogP contribution in [0.1, 0.15) is 68.2 Å². The van der Waals surface area contributed by atoms with Crippen LogP contribution in [0.4, 0.5) is 4.79 Å². The van der Waals surface area contributed by atoms with Gasteiger partial charge in [0.1, 0.15) is 12.1 Å². The van der Waals surface area contributed by atoms with Crippen molar-refractivity contribution in [2.75, 3.05) is 19.6 Å². The summed E-state index contributed by atoms with van der Waals surface area (Å²) in [5, 5.41) is 10.0. The number of hydrogen-bond acceptors (Lipinski definition) is 6. The van der Waals surface area contributed by atoms with E-state index >= 15 is 0 Å². The average Bonchev–Trinajstić information content (AvgIpc) is 3.66. The van der Waals surface area contributed by atoms with E-state index in [1.54, 1.807) is 9.80 Å². The average molecular weight is 560 g/mol. The fraction of sp³-hybridized carbons (Fsp3) is 0.500.